The number of rotatable bonds is 5. The highest BCUT2D eigenvalue weighted by Gasteiger charge is 2.64. The number of aryl methyl sites for hydroxylation is 1. The molecule has 176 valence electrons. The number of hydrogen-bond donors (Lipinski definition) is 1. The van der Waals surface area contributed by atoms with Crippen LogP contribution in [-0.4, -0.2) is 41.2 Å². The van der Waals surface area contributed by atoms with Crippen molar-refractivity contribution in [3.05, 3.63) is 64.7 Å². The zero-order valence-corrected chi connectivity index (χ0v) is 20.3. The van der Waals surface area contributed by atoms with E-state index in [1.54, 1.807) is 24.3 Å². The molecule has 0 radical (unpaired) electrons. The largest absolute Gasteiger partial charge is 0.351 e. The van der Waals surface area contributed by atoms with Crippen molar-refractivity contribution >= 4 is 46.3 Å². The number of fused-ring (bicyclic) bond motifs is 5. The summed E-state index contributed by atoms with van der Waals surface area (Å²) in [5.41, 5.74) is 4.70. The Hall–Kier alpha value is -3.12. The van der Waals surface area contributed by atoms with Gasteiger partial charge in [-0.15, -0.1) is 0 Å². The van der Waals surface area contributed by atoms with Crippen molar-refractivity contribution in [2.45, 2.75) is 45.7 Å². The number of nitrogens with zero attached hydrogens (tertiary/aromatic N) is 2. The molecule has 0 saturated carbocycles. The topological polar surface area (TPSA) is 69.7 Å². The fourth-order valence-corrected chi connectivity index (χ4v) is 5.73. The maximum Gasteiger partial charge on any atom is 0.247 e. The lowest BCUT2D eigenvalue weighted by atomic mass is 9.87. The Morgan fingerprint density at radius 3 is 2.44 bits per heavy atom. The van der Waals surface area contributed by atoms with E-state index in [1.165, 1.54) is 4.90 Å². The average Bonchev–Trinajstić information content (AvgIpc) is 3.27. The summed E-state index contributed by atoms with van der Waals surface area (Å²) in [4.78, 5) is 44.2. The second kappa shape index (κ2) is 8.58. The molecule has 2 saturated heterocycles. The van der Waals surface area contributed by atoms with Crippen LogP contribution >= 0.6 is 11.6 Å². The van der Waals surface area contributed by atoms with Crippen LogP contribution in [-0.2, 0) is 14.4 Å². The third-order valence-electron chi connectivity index (χ3n) is 7.21. The molecule has 2 fully saturated rings. The van der Waals surface area contributed by atoms with Crippen LogP contribution in [0.15, 0.2) is 48.5 Å². The SMILES string of the molecule is CCCCN1C(=O)C2C(C1=O)C(C(=O)Nc1ccc(Cl)cc1)N1c3ccc(C)cc3C(C)=CC21. The van der Waals surface area contributed by atoms with Gasteiger partial charge in [0.2, 0.25) is 17.7 Å². The lowest BCUT2D eigenvalue weighted by Gasteiger charge is -2.38. The molecule has 0 aromatic heterocycles. The first kappa shape index (κ1) is 22.7. The Kier molecular flexibility index (Phi) is 5.72. The molecule has 5 rings (SSSR count). The summed E-state index contributed by atoms with van der Waals surface area (Å²) in [7, 11) is 0. The van der Waals surface area contributed by atoms with Crippen LogP contribution in [0.4, 0.5) is 11.4 Å². The molecule has 34 heavy (non-hydrogen) atoms. The maximum absolute atomic E-state index is 13.7. The van der Waals surface area contributed by atoms with Crippen molar-refractivity contribution in [3.63, 3.8) is 0 Å². The third-order valence-corrected chi connectivity index (χ3v) is 7.46. The number of carbonyl (C=O) groups is 3. The first-order valence-corrected chi connectivity index (χ1v) is 12.2. The Morgan fingerprint density at radius 2 is 1.74 bits per heavy atom. The van der Waals surface area contributed by atoms with E-state index >= 15 is 0 Å². The summed E-state index contributed by atoms with van der Waals surface area (Å²) in [5, 5.41) is 3.53. The molecule has 2 aromatic rings. The summed E-state index contributed by atoms with van der Waals surface area (Å²) in [6.45, 7) is 6.49. The molecule has 3 aliphatic heterocycles. The Bertz CT molecular complexity index is 1210. The maximum atomic E-state index is 13.7. The summed E-state index contributed by atoms with van der Waals surface area (Å²) in [6.07, 6.45) is 3.70. The lowest BCUT2D eigenvalue weighted by Crippen LogP contribution is -2.50. The van der Waals surface area contributed by atoms with Gasteiger partial charge < -0.3 is 10.2 Å². The minimum Gasteiger partial charge on any atom is -0.351 e. The minimum absolute atomic E-state index is 0.167. The van der Waals surface area contributed by atoms with E-state index in [2.05, 4.69) is 17.5 Å². The van der Waals surface area contributed by atoms with Crippen LogP contribution in [0, 0.1) is 18.8 Å². The Balaban J connectivity index is 1.59. The standard InChI is InChI=1S/C27H28ClN3O3/c1-4-5-12-30-26(33)22-21-14-16(3)19-13-15(2)6-11-20(19)31(21)24(23(22)27(30)34)25(32)29-18-9-7-17(28)8-10-18/h6-11,13-14,21-24H,4-5,12H2,1-3H3,(H,29,32). The number of benzene rings is 2. The predicted octanol–water partition coefficient (Wildman–Crippen LogP) is 4.66. The normalized spacial score (nSPS) is 25.1. The van der Waals surface area contributed by atoms with Crippen LogP contribution in [0.1, 0.15) is 37.8 Å². The van der Waals surface area contributed by atoms with Gasteiger partial charge in [-0.2, -0.15) is 0 Å². The van der Waals surface area contributed by atoms with E-state index in [0.717, 1.165) is 35.2 Å². The van der Waals surface area contributed by atoms with E-state index in [-0.39, 0.29) is 23.8 Å². The highest BCUT2D eigenvalue weighted by molar-refractivity contribution is 6.30. The Morgan fingerprint density at radius 1 is 1.03 bits per heavy atom. The van der Waals surface area contributed by atoms with Crippen LogP contribution in [0.5, 0.6) is 0 Å². The van der Waals surface area contributed by atoms with Crippen molar-refractivity contribution in [1.82, 2.24) is 4.90 Å². The fourth-order valence-electron chi connectivity index (χ4n) is 5.60. The molecule has 3 amide bonds. The summed E-state index contributed by atoms with van der Waals surface area (Å²) in [5.74, 6) is -2.00. The molecule has 3 aliphatic rings. The number of nitrogens with one attached hydrogen (secondary N) is 1. The van der Waals surface area contributed by atoms with Crippen molar-refractivity contribution < 1.29 is 14.4 Å². The van der Waals surface area contributed by atoms with Gasteiger partial charge in [0, 0.05) is 28.5 Å². The number of anilines is 2. The summed E-state index contributed by atoms with van der Waals surface area (Å²) in [6, 6.07) is 11.8. The van der Waals surface area contributed by atoms with Gasteiger partial charge in [0.15, 0.2) is 0 Å². The molecule has 4 unspecified atom stereocenters. The van der Waals surface area contributed by atoms with Gasteiger partial charge in [0.05, 0.1) is 17.9 Å². The highest BCUT2D eigenvalue weighted by atomic mass is 35.5. The second-order valence-corrected chi connectivity index (χ2v) is 9.88. The second-order valence-electron chi connectivity index (χ2n) is 9.44. The van der Waals surface area contributed by atoms with E-state index in [9.17, 15) is 14.4 Å². The van der Waals surface area contributed by atoms with Crippen molar-refractivity contribution in [1.29, 1.82) is 0 Å². The summed E-state index contributed by atoms with van der Waals surface area (Å²) >= 11 is 6.00. The first-order chi connectivity index (χ1) is 16.3. The summed E-state index contributed by atoms with van der Waals surface area (Å²) < 4.78 is 0. The quantitative estimate of drug-likeness (QED) is 0.636. The molecule has 7 heteroatoms. The van der Waals surface area contributed by atoms with E-state index in [4.69, 9.17) is 11.6 Å². The number of amides is 3. The monoisotopic (exact) mass is 477 g/mol. The number of unbranched alkanes of at least 4 members (excludes halogenated alkanes) is 1. The number of hydrogen-bond acceptors (Lipinski definition) is 4. The minimum atomic E-state index is -0.792. The van der Waals surface area contributed by atoms with E-state index in [1.807, 2.05) is 37.8 Å². The lowest BCUT2D eigenvalue weighted by molar-refractivity contribution is -0.141. The van der Waals surface area contributed by atoms with Crippen molar-refractivity contribution in [2.24, 2.45) is 11.8 Å². The predicted molar refractivity (Wildman–Crippen MR) is 134 cm³/mol. The van der Waals surface area contributed by atoms with Gasteiger partial charge in [-0.1, -0.05) is 42.7 Å². The number of allylic oxidation sites excluding steroid dienone is 1. The molecule has 4 atom stereocenters. The molecule has 0 spiro atoms. The molecule has 0 bridgehead atoms. The van der Waals surface area contributed by atoms with Crippen molar-refractivity contribution in [2.75, 3.05) is 16.8 Å². The van der Waals surface area contributed by atoms with Gasteiger partial charge in [-0.05, 0) is 62.2 Å². The number of imide groups is 1. The number of likely N-dealkylation sites (tertiary alicyclic amines) is 1. The first-order valence-electron chi connectivity index (χ1n) is 11.8. The zero-order valence-electron chi connectivity index (χ0n) is 19.5. The Labute approximate surface area is 204 Å². The van der Waals surface area contributed by atoms with Gasteiger partial charge >= 0.3 is 0 Å². The van der Waals surface area contributed by atoms with Gasteiger partial charge in [-0.3, -0.25) is 19.3 Å². The van der Waals surface area contributed by atoms with Gasteiger partial charge in [0.1, 0.15) is 6.04 Å². The molecular formula is C27H28ClN3O3. The van der Waals surface area contributed by atoms with Gasteiger partial charge in [-0.25, -0.2) is 0 Å². The van der Waals surface area contributed by atoms with E-state index < -0.39 is 17.9 Å². The molecule has 0 aliphatic carbocycles. The molecule has 2 aromatic carbocycles. The number of halogens is 1. The average molecular weight is 478 g/mol. The third kappa shape index (κ3) is 3.52. The molecule has 3 heterocycles. The molecule has 1 N–H and O–H groups in total. The van der Waals surface area contributed by atoms with Crippen LogP contribution in [0.25, 0.3) is 5.57 Å². The smallest absolute Gasteiger partial charge is 0.247 e. The van der Waals surface area contributed by atoms with Crippen LogP contribution in [0.2, 0.25) is 5.02 Å². The number of carbonyl (C=O) groups excluding carboxylic acids is 3. The van der Waals surface area contributed by atoms with Gasteiger partial charge in [0.25, 0.3) is 0 Å². The zero-order chi connectivity index (χ0) is 24.1. The van der Waals surface area contributed by atoms with Crippen LogP contribution in [0.3, 0.4) is 0 Å². The highest BCUT2D eigenvalue weighted by Crippen LogP contribution is 2.50. The van der Waals surface area contributed by atoms with E-state index in [0.29, 0.717) is 17.3 Å². The van der Waals surface area contributed by atoms with Crippen LogP contribution < -0.4 is 10.2 Å². The van der Waals surface area contributed by atoms with Crippen molar-refractivity contribution in [3.8, 4) is 0 Å². The molecular weight excluding hydrogens is 450 g/mol. The molecule has 6 nitrogen and oxygen atoms in total. The fraction of sp³-hybridized carbons (Fsp3) is 0.370.